The first-order valence-electron chi connectivity index (χ1n) is 10.5. The number of esters is 1. The molecule has 2 aromatic carbocycles. The summed E-state index contributed by atoms with van der Waals surface area (Å²) in [5.74, 6) is 0.512. The second-order valence-corrected chi connectivity index (χ2v) is 11.3. The van der Waals surface area contributed by atoms with Gasteiger partial charge in [0.05, 0.1) is 27.0 Å². The van der Waals surface area contributed by atoms with Gasteiger partial charge in [-0.15, -0.1) is 0 Å². The average molecular weight is 435 g/mol. The number of methoxy groups -OCH3 is 1. The van der Waals surface area contributed by atoms with Crippen LogP contribution in [0, 0.1) is 0 Å². The molecule has 0 N–H and O–H groups in total. The molecule has 0 fully saturated rings. The van der Waals surface area contributed by atoms with Gasteiger partial charge in [-0.2, -0.15) is 0 Å². The molecule has 5 nitrogen and oxygen atoms in total. The summed E-state index contributed by atoms with van der Waals surface area (Å²) < 4.78 is 21.0. The SMILES string of the molecule is CCCCCCCCOc1ccc2cc(C=O)ccc2c1.COC(=O)CP(C)(C)=O. The molecule has 0 radical (unpaired) electrons. The number of benzene rings is 2. The lowest BCUT2D eigenvalue weighted by molar-refractivity contribution is -0.137. The number of rotatable bonds is 11. The second-order valence-electron chi connectivity index (χ2n) is 7.81. The molecule has 0 saturated heterocycles. The molecule has 0 unspecified atom stereocenters. The van der Waals surface area contributed by atoms with Crippen molar-refractivity contribution in [2.45, 2.75) is 45.4 Å². The van der Waals surface area contributed by atoms with Gasteiger partial charge >= 0.3 is 5.97 Å². The number of hydrogen-bond acceptors (Lipinski definition) is 5. The third-order valence-corrected chi connectivity index (χ3v) is 5.50. The van der Waals surface area contributed by atoms with Crippen LogP contribution in [-0.4, -0.2) is 45.5 Å². The van der Waals surface area contributed by atoms with Crippen LogP contribution >= 0.6 is 7.14 Å². The number of ether oxygens (including phenoxy) is 2. The summed E-state index contributed by atoms with van der Waals surface area (Å²) in [7, 11) is -0.923. The largest absolute Gasteiger partial charge is 0.494 e. The molecule has 0 atom stereocenters. The van der Waals surface area contributed by atoms with Crippen molar-refractivity contribution in [3.63, 3.8) is 0 Å². The molecule has 0 amide bonds. The van der Waals surface area contributed by atoms with E-state index >= 15 is 0 Å². The second kappa shape index (κ2) is 14.0. The third kappa shape index (κ3) is 11.2. The number of aldehydes is 1. The standard InChI is InChI=1S/C19H24O2.C5H11O3P/c1-2-3-4-5-6-7-12-21-19-11-10-17-13-16(15-20)8-9-18(17)14-19;1-8-5(6)4-9(2,3)7/h8-11,13-15H,2-7,12H2,1H3;4H2,1-3H3. The van der Waals surface area contributed by atoms with Gasteiger partial charge in [0.1, 0.15) is 12.0 Å². The van der Waals surface area contributed by atoms with Gasteiger partial charge < -0.3 is 14.0 Å². The lowest BCUT2D eigenvalue weighted by Gasteiger charge is -2.07. The summed E-state index contributed by atoms with van der Waals surface area (Å²) in [6.07, 6.45) is 8.57. The van der Waals surface area contributed by atoms with E-state index < -0.39 is 13.1 Å². The fourth-order valence-corrected chi connectivity index (χ4v) is 3.60. The first-order chi connectivity index (χ1) is 14.3. The van der Waals surface area contributed by atoms with Crippen LogP contribution in [0.15, 0.2) is 36.4 Å². The van der Waals surface area contributed by atoms with Gasteiger partial charge in [-0.1, -0.05) is 57.2 Å². The predicted octanol–water partition coefficient (Wildman–Crippen LogP) is 6.17. The summed E-state index contributed by atoms with van der Waals surface area (Å²) in [6, 6.07) is 11.7. The number of hydrogen-bond donors (Lipinski definition) is 0. The first-order valence-corrected chi connectivity index (χ1v) is 13.3. The zero-order valence-electron chi connectivity index (χ0n) is 18.7. The zero-order chi connectivity index (χ0) is 22.4. The Balaban J connectivity index is 0.000000424. The van der Waals surface area contributed by atoms with Gasteiger partial charge in [0.15, 0.2) is 0 Å². The highest BCUT2D eigenvalue weighted by molar-refractivity contribution is 7.63. The maximum Gasteiger partial charge on any atom is 0.312 e. The summed E-state index contributed by atoms with van der Waals surface area (Å²) in [4.78, 5) is 21.2. The van der Waals surface area contributed by atoms with Crippen molar-refractivity contribution >= 4 is 30.2 Å². The van der Waals surface area contributed by atoms with Crippen LogP contribution in [0.4, 0.5) is 0 Å². The quantitative estimate of drug-likeness (QED) is 0.183. The molecular weight excluding hydrogens is 399 g/mol. The van der Waals surface area contributed by atoms with Crippen LogP contribution in [0.3, 0.4) is 0 Å². The van der Waals surface area contributed by atoms with Gasteiger partial charge in [0, 0.05) is 5.56 Å². The topological polar surface area (TPSA) is 69.7 Å². The Labute approximate surface area is 180 Å². The van der Waals surface area contributed by atoms with Crippen molar-refractivity contribution in [2.24, 2.45) is 0 Å². The van der Waals surface area contributed by atoms with Crippen LogP contribution < -0.4 is 4.74 Å². The number of fused-ring (bicyclic) bond motifs is 1. The molecule has 0 spiro atoms. The molecule has 0 bridgehead atoms. The van der Waals surface area contributed by atoms with Crippen LogP contribution in [0.2, 0.25) is 0 Å². The Bertz CT molecular complexity index is 841. The van der Waals surface area contributed by atoms with E-state index in [9.17, 15) is 14.2 Å². The highest BCUT2D eigenvalue weighted by Crippen LogP contribution is 2.35. The summed E-state index contributed by atoms with van der Waals surface area (Å²) in [5.41, 5.74) is 0.711. The van der Waals surface area contributed by atoms with Gasteiger partial charge in [-0.25, -0.2) is 0 Å². The van der Waals surface area contributed by atoms with Crippen molar-refractivity contribution in [1.29, 1.82) is 0 Å². The van der Waals surface area contributed by atoms with E-state index in [0.717, 1.165) is 35.8 Å². The van der Waals surface area contributed by atoms with Crippen LogP contribution in [0.25, 0.3) is 10.8 Å². The van der Waals surface area contributed by atoms with E-state index in [-0.39, 0.29) is 6.16 Å². The smallest absolute Gasteiger partial charge is 0.312 e. The van der Waals surface area contributed by atoms with Gasteiger partial charge in [0.2, 0.25) is 0 Å². The highest BCUT2D eigenvalue weighted by Gasteiger charge is 2.13. The van der Waals surface area contributed by atoms with E-state index in [1.165, 1.54) is 39.2 Å². The molecule has 2 aromatic rings. The molecule has 0 aliphatic heterocycles. The van der Waals surface area contributed by atoms with Crippen molar-refractivity contribution < 1.29 is 23.6 Å². The van der Waals surface area contributed by atoms with Crippen molar-refractivity contribution in [2.75, 3.05) is 33.2 Å². The maximum atomic E-state index is 10.9. The molecule has 166 valence electrons. The lowest BCUT2D eigenvalue weighted by atomic mass is 10.1. The fraction of sp³-hybridized carbons (Fsp3) is 0.500. The monoisotopic (exact) mass is 434 g/mol. The lowest BCUT2D eigenvalue weighted by Crippen LogP contribution is -2.05. The Hall–Kier alpha value is -2.13. The average Bonchev–Trinajstić information content (AvgIpc) is 2.71. The summed E-state index contributed by atoms with van der Waals surface area (Å²) in [5, 5.41) is 2.19. The predicted molar refractivity (Wildman–Crippen MR) is 125 cm³/mol. The molecule has 0 aromatic heterocycles. The van der Waals surface area contributed by atoms with Crippen LogP contribution in [0.1, 0.15) is 55.8 Å². The molecule has 30 heavy (non-hydrogen) atoms. The normalized spacial score (nSPS) is 10.8. The molecule has 6 heteroatoms. The van der Waals surface area contributed by atoms with Crippen LogP contribution in [-0.2, 0) is 14.1 Å². The van der Waals surface area contributed by atoms with E-state index in [1.54, 1.807) is 13.3 Å². The minimum atomic E-state index is -2.21. The number of unbranched alkanes of at least 4 members (excludes halogenated alkanes) is 5. The first kappa shape index (κ1) is 25.9. The Morgan fingerprint density at radius 2 is 1.60 bits per heavy atom. The Kier molecular flexibility index (Phi) is 12.1. The van der Waals surface area contributed by atoms with Gasteiger partial charge in [-0.05, 0) is 48.7 Å². The van der Waals surface area contributed by atoms with E-state index in [2.05, 4.69) is 11.7 Å². The number of carbonyl (C=O) groups excluding carboxylic acids is 2. The molecular formula is C24H35O5P. The van der Waals surface area contributed by atoms with E-state index in [1.807, 2.05) is 36.4 Å². The number of carbonyl (C=O) groups is 2. The molecule has 0 aliphatic carbocycles. The Morgan fingerprint density at radius 3 is 2.20 bits per heavy atom. The fourth-order valence-electron chi connectivity index (χ4n) is 2.85. The molecule has 2 rings (SSSR count). The van der Waals surface area contributed by atoms with Crippen molar-refractivity contribution in [3.05, 3.63) is 42.0 Å². The Morgan fingerprint density at radius 1 is 0.967 bits per heavy atom. The highest BCUT2D eigenvalue weighted by atomic mass is 31.2. The molecule has 0 aliphatic rings. The zero-order valence-corrected chi connectivity index (χ0v) is 19.6. The minimum Gasteiger partial charge on any atom is -0.494 e. The summed E-state index contributed by atoms with van der Waals surface area (Å²) >= 11 is 0. The summed E-state index contributed by atoms with van der Waals surface area (Å²) in [6.45, 7) is 6.14. The van der Waals surface area contributed by atoms with Crippen molar-refractivity contribution in [3.8, 4) is 5.75 Å². The molecule has 0 saturated carbocycles. The molecule has 0 heterocycles. The third-order valence-electron chi connectivity index (χ3n) is 4.48. The van der Waals surface area contributed by atoms with Gasteiger partial charge in [-0.3, -0.25) is 9.59 Å². The van der Waals surface area contributed by atoms with Crippen LogP contribution in [0.5, 0.6) is 5.75 Å². The van der Waals surface area contributed by atoms with Crippen molar-refractivity contribution in [1.82, 2.24) is 0 Å². The maximum absolute atomic E-state index is 10.9. The minimum absolute atomic E-state index is 0.0451. The van der Waals surface area contributed by atoms with E-state index in [4.69, 9.17) is 4.74 Å². The van der Waals surface area contributed by atoms with Gasteiger partial charge in [0.25, 0.3) is 0 Å². The van der Waals surface area contributed by atoms with E-state index in [0.29, 0.717) is 5.56 Å².